The van der Waals surface area contributed by atoms with Crippen LogP contribution in [-0.4, -0.2) is 69.8 Å². The number of aromatic hydroxyl groups is 1. The highest BCUT2D eigenvalue weighted by molar-refractivity contribution is 5.94. The maximum atomic E-state index is 12.9. The van der Waals surface area contributed by atoms with Crippen molar-refractivity contribution in [3.05, 3.63) is 65.7 Å². The zero-order chi connectivity index (χ0) is 27.5. The van der Waals surface area contributed by atoms with E-state index in [-0.39, 0.29) is 18.6 Å². The molecule has 2 aromatic carbocycles. The number of aliphatic hydroxyl groups excluding tert-OH is 1. The third-order valence-corrected chi connectivity index (χ3v) is 5.69. The molecule has 11 heteroatoms. The van der Waals surface area contributed by atoms with Gasteiger partial charge in [-0.2, -0.15) is 0 Å². The summed E-state index contributed by atoms with van der Waals surface area (Å²) in [4.78, 5) is 49.9. The number of carbonyl (C=O) groups excluding carboxylic acids is 3. The predicted octanol–water partition coefficient (Wildman–Crippen LogP) is -0.308. The Labute approximate surface area is 215 Å². The van der Waals surface area contributed by atoms with E-state index >= 15 is 0 Å². The molecule has 2 rings (SSSR count). The quantitative estimate of drug-likeness (QED) is 0.189. The standard InChI is InChI=1S/C26H34N4O7/c1-15(2)22(30-23(33)19(27)12-17-8-10-18(32)11-9-17)25(35)29-21(14-31)24(34)28-20(26(36)37)13-16-6-4-3-5-7-16/h3-11,15,19-22,31-32H,12-14,27H2,1-2H3,(H,28,34)(H,29,35)(H,30,33)(H,36,37). The van der Waals surface area contributed by atoms with Gasteiger partial charge in [0.2, 0.25) is 17.7 Å². The number of nitrogens with two attached hydrogens (primary N) is 1. The average Bonchev–Trinajstić information content (AvgIpc) is 2.86. The number of hydrogen-bond acceptors (Lipinski definition) is 7. The highest BCUT2D eigenvalue weighted by Gasteiger charge is 2.31. The van der Waals surface area contributed by atoms with Crippen LogP contribution in [0.1, 0.15) is 25.0 Å². The fraction of sp³-hybridized carbons (Fsp3) is 0.385. The maximum Gasteiger partial charge on any atom is 0.326 e. The molecule has 4 atom stereocenters. The molecule has 11 nitrogen and oxygen atoms in total. The van der Waals surface area contributed by atoms with E-state index < -0.39 is 60.4 Å². The van der Waals surface area contributed by atoms with E-state index in [0.29, 0.717) is 11.1 Å². The van der Waals surface area contributed by atoms with Gasteiger partial charge in [-0.3, -0.25) is 14.4 Å². The zero-order valence-electron chi connectivity index (χ0n) is 20.8. The summed E-state index contributed by atoms with van der Waals surface area (Å²) in [5.41, 5.74) is 7.39. The van der Waals surface area contributed by atoms with Gasteiger partial charge in [0.1, 0.15) is 23.9 Å². The Balaban J connectivity index is 2.01. The second kappa shape index (κ2) is 14.0. The Hall–Kier alpha value is -3.96. The summed E-state index contributed by atoms with van der Waals surface area (Å²) in [6, 6.07) is 10.1. The number of amides is 3. The lowest BCUT2D eigenvalue weighted by Crippen LogP contribution is -2.59. The number of carbonyl (C=O) groups is 4. The fourth-order valence-corrected chi connectivity index (χ4v) is 3.55. The van der Waals surface area contributed by atoms with Gasteiger partial charge < -0.3 is 37.0 Å². The summed E-state index contributed by atoms with van der Waals surface area (Å²) in [6.45, 7) is 2.59. The molecule has 0 saturated heterocycles. The molecule has 0 aliphatic heterocycles. The van der Waals surface area contributed by atoms with Crippen LogP contribution in [-0.2, 0) is 32.0 Å². The molecule has 0 aliphatic carbocycles. The van der Waals surface area contributed by atoms with Gasteiger partial charge in [0, 0.05) is 6.42 Å². The van der Waals surface area contributed by atoms with Crippen molar-refractivity contribution in [2.45, 2.75) is 50.9 Å². The number of rotatable bonds is 13. The third-order valence-electron chi connectivity index (χ3n) is 5.69. The molecule has 3 amide bonds. The predicted molar refractivity (Wildman–Crippen MR) is 135 cm³/mol. The van der Waals surface area contributed by atoms with E-state index in [1.165, 1.54) is 12.1 Å². The number of carboxylic acids is 1. The zero-order valence-corrected chi connectivity index (χ0v) is 20.8. The highest BCUT2D eigenvalue weighted by Crippen LogP contribution is 2.11. The molecule has 8 N–H and O–H groups in total. The van der Waals surface area contributed by atoms with Gasteiger partial charge in [-0.15, -0.1) is 0 Å². The maximum absolute atomic E-state index is 12.9. The van der Waals surface area contributed by atoms with Crippen LogP contribution in [0.25, 0.3) is 0 Å². The van der Waals surface area contributed by atoms with E-state index in [0.717, 1.165) is 0 Å². The summed E-state index contributed by atoms with van der Waals surface area (Å²) in [7, 11) is 0. The molecular formula is C26H34N4O7. The molecule has 0 radical (unpaired) electrons. The molecule has 0 heterocycles. The number of phenols is 1. The van der Waals surface area contributed by atoms with Crippen LogP contribution in [0, 0.1) is 5.92 Å². The average molecular weight is 515 g/mol. The van der Waals surface area contributed by atoms with E-state index in [9.17, 15) is 34.5 Å². The first-order chi connectivity index (χ1) is 17.5. The Bertz CT molecular complexity index is 1060. The monoisotopic (exact) mass is 514 g/mol. The first-order valence-corrected chi connectivity index (χ1v) is 11.8. The number of benzene rings is 2. The third kappa shape index (κ3) is 9.21. The molecular weight excluding hydrogens is 480 g/mol. The largest absolute Gasteiger partial charge is 0.508 e. The molecule has 0 saturated carbocycles. The lowest BCUT2D eigenvalue weighted by atomic mass is 10.0. The minimum atomic E-state index is -1.44. The van der Waals surface area contributed by atoms with Crippen molar-refractivity contribution in [3.63, 3.8) is 0 Å². The summed E-state index contributed by atoms with van der Waals surface area (Å²) in [5, 5.41) is 35.9. The summed E-state index contributed by atoms with van der Waals surface area (Å²) in [6.07, 6.45) is 0.176. The lowest BCUT2D eigenvalue weighted by Gasteiger charge is -2.26. The minimum absolute atomic E-state index is 0.0115. The van der Waals surface area contributed by atoms with Gasteiger partial charge in [0.15, 0.2) is 0 Å². The van der Waals surface area contributed by atoms with Crippen molar-refractivity contribution in [1.82, 2.24) is 16.0 Å². The van der Waals surface area contributed by atoms with Crippen molar-refractivity contribution in [3.8, 4) is 5.75 Å². The van der Waals surface area contributed by atoms with Crippen LogP contribution in [0.2, 0.25) is 0 Å². The van der Waals surface area contributed by atoms with Crippen LogP contribution < -0.4 is 21.7 Å². The SMILES string of the molecule is CC(C)C(NC(=O)C(N)Cc1ccc(O)cc1)C(=O)NC(CO)C(=O)NC(Cc1ccccc1)C(=O)O. The Morgan fingerprint density at radius 3 is 1.89 bits per heavy atom. The Morgan fingerprint density at radius 1 is 0.784 bits per heavy atom. The summed E-state index contributed by atoms with van der Waals surface area (Å²) < 4.78 is 0. The van der Waals surface area contributed by atoms with Crippen molar-refractivity contribution in [2.24, 2.45) is 11.7 Å². The normalized spacial score (nSPS) is 14.2. The molecule has 0 aromatic heterocycles. The molecule has 0 spiro atoms. The molecule has 0 fully saturated rings. The van der Waals surface area contributed by atoms with Crippen LogP contribution in [0.3, 0.4) is 0 Å². The first-order valence-electron chi connectivity index (χ1n) is 11.8. The second-order valence-corrected chi connectivity index (χ2v) is 9.04. The summed E-state index contributed by atoms with van der Waals surface area (Å²) >= 11 is 0. The summed E-state index contributed by atoms with van der Waals surface area (Å²) in [5.74, 6) is -3.79. The number of aliphatic carboxylic acids is 1. The van der Waals surface area contributed by atoms with Crippen molar-refractivity contribution >= 4 is 23.7 Å². The molecule has 4 unspecified atom stereocenters. The van der Waals surface area contributed by atoms with Crippen LogP contribution in [0.15, 0.2) is 54.6 Å². The molecule has 0 bridgehead atoms. The molecule has 2 aromatic rings. The van der Waals surface area contributed by atoms with E-state index in [4.69, 9.17) is 5.73 Å². The van der Waals surface area contributed by atoms with E-state index in [1.807, 2.05) is 0 Å². The van der Waals surface area contributed by atoms with Crippen LogP contribution >= 0.6 is 0 Å². The first kappa shape index (κ1) is 29.3. The molecule has 37 heavy (non-hydrogen) atoms. The Kier molecular flexibility index (Phi) is 11.0. The molecule has 200 valence electrons. The van der Waals surface area contributed by atoms with Gasteiger partial charge in [0.25, 0.3) is 0 Å². The highest BCUT2D eigenvalue weighted by atomic mass is 16.4. The lowest BCUT2D eigenvalue weighted by molar-refractivity contribution is -0.142. The van der Waals surface area contributed by atoms with E-state index in [1.54, 1.807) is 56.3 Å². The number of carboxylic acid groups (broad SMARTS) is 1. The van der Waals surface area contributed by atoms with Crippen molar-refractivity contribution < 1.29 is 34.5 Å². The number of aliphatic hydroxyl groups is 1. The van der Waals surface area contributed by atoms with Gasteiger partial charge >= 0.3 is 5.97 Å². The number of phenolic OH excluding ortho intramolecular Hbond substituents is 1. The van der Waals surface area contributed by atoms with E-state index in [2.05, 4.69) is 16.0 Å². The smallest absolute Gasteiger partial charge is 0.326 e. The topological polar surface area (TPSA) is 191 Å². The van der Waals surface area contributed by atoms with Gasteiger partial charge in [-0.25, -0.2) is 4.79 Å². The number of hydrogen-bond donors (Lipinski definition) is 7. The fourth-order valence-electron chi connectivity index (χ4n) is 3.55. The van der Waals surface area contributed by atoms with Gasteiger partial charge in [-0.05, 0) is 35.6 Å². The van der Waals surface area contributed by atoms with Gasteiger partial charge in [0.05, 0.1) is 12.6 Å². The number of nitrogens with one attached hydrogen (secondary N) is 3. The second-order valence-electron chi connectivity index (χ2n) is 9.04. The van der Waals surface area contributed by atoms with Crippen LogP contribution in [0.4, 0.5) is 0 Å². The van der Waals surface area contributed by atoms with Crippen molar-refractivity contribution in [2.75, 3.05) is 6.61 Å². The molecule has 0 aliphatic rings. The minimum Gasteiger partial charge on any atom is -0.508 e. The Morgan fingerprint density at radius 2 is 1.35 bits per heavy atom. The van der Waals surface area contributed by atoms with Crippen LogP contribution in [0.5, 0.6) is 5.75 Å². The van der Waals surface area contributed by atoms with Crippen molar-refractivity contribution in [1.29, 1.82) is 0 Å². The van der Waals surface area contributed by atoms with Gasteiger partial charge in [-0.1, -0.05) is 56.3 Å².